The fourth-order valence-corrected chi connectivity index (χ4v) is 4.43. The molecule has 0 aliphatic rings. The van der Waals surface area contributed by atoms with Crippen LogP contribution in [0.25, 0.3) is 0 Å². The van der Waals surface area contributed by atoms with Crippen molar-refractivity contribution in [3.63, 3.8) is 0 Å². The molecule has 3 aromatic rings. The van der Waals surface area contributed by atoms with Crippen molar-refractivity contribution in [2.45, 2.75) is 24.5 Å². The van der Waals surface area contributed by atoms with Gasteiger partial charge in [0.25, 0.3) is 5.91 Å². The van der Waals surface area contributed by atoms with E-state index in [-0.39, 0.29) is 11.8 Å². The highest BCUT2D eigenvalue weighted by molar-refractivity contribution is 7.98. The highest BCUT2D eigenvalue weighted by Gasteiger charge is 2.14. The van der Waals surface area contributed by atoms with Gasteiger partial charge >= 0.3 is 0 Å². The first kappa shape index (κ1) is 19.2. The predicted octanol–water partition coefficient (Wildman–Crippen LogP) is 5.56. The fourth-order valence-electron chi connectivity index (χ4n) is 2.61. The molecule has 0 aliphatic heterocycles. The Labute approximate surface area is 167 Å². The van der Waals surface area contributed by atoms with Crippen LogP contribution < -0.4 is 10.6 Å². The summed E-state index contributed by atoms with van der Waals surface area (Å²) in [6.45, 7) is 3.34. The SMILES string of the molecule is CC(=O)Nc1cccc(NC(=O)c2ccccc2SCc2cccs2)c1C. The Kier molecular flexibility index (Phi) is 6.32. The summed E-state index contributed by atoms with van der Waals surface area (Å²) in [5.41, 5.74) is 2.85. The number of hydrogen-bond donors (Lipinski definition) is 2. The molecule has 2 aromatic carbocycles. The molecule has 3 rings (SSSR count). The lowest BCUT2D eigenvalue weighted by Crippen LogP contribution is -2.15. The van der Waals surface area contributed by atoms with Crippen molar-refractivity contribution < 1.29 is 9.59 Å². The van der Waals surface area contributed by atoms with E-state index in [1.165, 1.54) is 11.8 Å². The Morgan fingerprint density at radius 3 is 2.41 bits per heavy atom. The molecule has 1 aromatic heterocycles. The number of rotatable bonds is 6. The lowest BCUT2D eigenvalue weighted by molar-refractivity contribution is -0.114. The van der Waals surface area contributed by atoms with Crippen molar-refractivity contribution in [1.29, 1.82) is 0 Å². The van der Waals surface area contributed by atoms with Crippen molar-refractivity contribution in [2.24, 2.45) is 0 Å². The molecular weight excluding hydrogens is 376 g/mol. The summed E-state index contributed by atoms with van der Waals surface area (Å²) in [5, 5.41) is 7.81. The van der Waals surface area contributed by atoms with Crippen LogP contribution in [0.5, 0.6) is 0 Å². The van der Waals surface area contributed by atoms with Crippen LogP contribution in [0.1, 0.15) is 27.7 Å². The van der Waals surface area contributed by atoms with E-state index >= 15 is 0 Å². The van der Waals surface area contributed by atoms with Crippen LogP contribution in [-0.2, 0) is 10.5 Å². The molecule has 0 bridgehead atoms. The largest absolute Gasteiger partial charge is 0.326 e. The van der Waals surface area contributed by atoms with Gasteiger partial charge in [-0.25, -0.2) is 0 Å². The molecule has 0 radical (unpaired) electrons. The molecule has 0 saturated carbocycles. The normalized spacial score (nSPS) is 10.4. The molecule has 138 valence electrons. The maximum absolute atomic E-state index is 12.9. The van der Waals surface area contributed by atoms with E-state index in [1.807, 2.05) is 55.5 Å². The maximum Gasteiger partial charge on any atom is 0.256 e. The van der Waals surface area contributed by atoms with Crippen molar-refractivity contribution in [3.8, 4) is 0 Å². The first-order valence-electron chi connectivity index (χ1n) is 8.47. The fraction of sp³-hybridized carbons (Fsp3) is 0.143. The summed E-state index contributed by atoms with van der Waals surface area (Å²) < 4.78 is 0. The van der Waals surface area contributed by atoms with Crippen LogP contribution in [0.15, 0.2) is 64.9 Å². The van der Waals surface area contributed by atoms with Crippen molar-refractivity contribution >= 4 is 46.3 Å². The molecule has 0 spiro atoms. The number of anilines is 2. The monoisotopic (exact) mass is 396 g/mol. The van der Waals surface area contributed by atoms with Crippen LogP contribution >= 0.6 is 23.1 Å². The van der Waals surface area contributed by atoms with Crippen molar-refractivity contribution in [3.05, 3.63) is 76.0 Å². The third-order valence-corrected chi connectivity index (χ3v) is 6.16. The van der Waals surface area contributed by atoms with Gasteiger partial charge in [-0.2, -0.15) is 0 Å². The molecule has 4 nitrogen and oxygen atoms in total. The van der Waals surface area contributed by atoms with Gasteiger partial charge < -0.3 is 10.6 Å². The number of amides is 2. The van der Waals surface area contributed by atoms with Crippen LogP contribution in [0.4, 0.5) is 11.4 Å². The van der Waals surface area contributed by atoms with E-state index in [0.717, 1.165) is 16.2 Å². The number of thioether (sulfide) groups is 1. The first-order valence-corrected chi connectivity index (χ1v) is 10.3. The van der Waals surface area contributed by atoms with Gasteiger partial charge in [-0.1, -0.05) is 24.3 Å². The average molecular weight is 397 g/mol. The molecule has 0 unspecified atom stereocenters. The zero-order chi connectivity index (χ0) is 19.2. The van der Waals surface area contributed by atoms with E-state index < -0.39 is 0 Å². The van der Waals surface area contributed by atoms with Gasteiger partial charge in [0.05, 0.1) is 5.56 Å². The van der Waals surface area contributed by atoms with E-state index in [4.69, 9.17) is 0 Å². The summed E-state index contributed by atoms with van der Waals surface area (Å²) in [7, 11) is 0. The van der Waals surface area contributed by atoms with E-state index in [9.17, 15) is 9.59 Å². The Morgan fingerprint density at radius 1 is 0.963 bits per heavy atom. The van der Waals surface area contributed by atoms with Crippen LogP contribution in [0, 0.1) is 6.92 Å². The molecule has 0 aliphatic carbocycles. The quantitative estimate of drug-likeness (QED) is 0.536. The lowest BCUT2D eigenvalue weighted by Gasteiger charge is -2.14. The Bertz CT molecular complexity index is 953. The predicted molar refractivity (Wildman–Crippen MR) is 114 cm³/mol. The van der Waals surface area contributed by atoms with Crippen molar-refractivity contribution in [1.82, 2.24) is 0 Å². The van der Waals surface area contributed by atoms with Gasteiger partial charge in [-0.15, -0.1) is 23.1 Å². The molecule has 1 heterocycles. The third-order valence-electron chi connectivity index (χ3n) is 3.97. The van der Waals surface area contributed by atoms with Gasteiger partial charge in [0.1, 0.15) is 0 Å². The second kappa shape index (κ2) is 8.88. The summed E-state index contributed by atoms with van der Waals surface area (Å²) >= 11 is 3.36. The van der Waals surface area contributed by atoms with Crippen LogP contribution in [0.3, 0.4) is 0 Å². The highest BCUT2D eigenvalue weighted by Crippen LogP contribution is 2.29. The van der Waals surface area contributed by atoms with Gasteiger partial charge in [-0.05, 0) is 48.2 Å². The number of thiophene rings is 1. The van der Waals surface area contributed by atoms with Crippen LogP contribution in [0.2, 0.25) is 0 Å². The van der Waals surface area contributed by atoms with Crippen molar-refractivity contribution in [2.75, 3.05) is 10.6 Å². The molecule has 6 heteroatoms. The molecule has 0 atom stereocenters. The second-order valence-electron chi connectivity index (χ2n) is 5.98. The minimum absolute atomic E-state index is 0.142. The number of carbonyl (C=O) groups is 2. The Balaban J connectivity index is 1.78. The first-order chi connectivity index (χ1) is 13.0. The molecule has 27 heavy (non-hydrogen) atoms. The van der Waals surface area contributed by atoms with Gasteiger partial charge in [0.15, 0.2) is 0 Å². The summed E-state index contributed by atoms with van der Waals surface area (Å²) in [6.07, 6.45) is 0. The summed E-state index contributed by atoms with van der Waals surface area (Å²) in [6, 6.07) is 17.2. The zero-order valence-corrected chi connectivity index (χ0v) is 16.7. The van der Waals surface area contributed by atoms with Gasteiger partial charge in [-0.3, -0.25) is 9.59 Å². The number of nitrogens with one attached hydrogen (secondary N) is 2. The Morgan fingerprint density at radius 2 is 1.70 bits per heavy atom. The second-order valence-corrected chi connectivity index (χ2v) is 8.03. The smallest absolute Gasteiger partial charge is 0.256 e. The lowest BCUT2D eigenvalue weighted by atomic mass is 10.1. The zero-order valence-electron chi connectivity index (χ0n) is 15.1. The molecule has 0 saturated heterocycles. The molecular formula is C21H20N2O2S2. The minimum Gasteiger partial charge on any atom is -0.326 e. The minimum atomic E-state index is -0.160. The molecule has 2 N–H and O–H groups in total. The summed E-state index contributed by atoms with van der Waals surface area (Å²) in [5.74, 6) is 0.531. The van der Waals surface area contributed by atoms with E-state index in [1.54, 1.807) is 23.1 Å². The summed E-state index contributed by atoms with van der Waals surface area (Å²) in [4.78, 5) is 26.4. The number of benzene rings is 2. The third kappa shape index (κ3) is 4.99. The average Bonchev–Trinajstić information content (AvgIpc) is 3.17. The standard InChI is InChI=1S/C21H20N2O2S2/c1-14-18(22-15(2)24)9-5-10-19(14)23-21(25)17-8-3-4-11-20(17)27-13-16-7-6-12-26-16/h3-12H,13H2,1-2H3,(H,22,24)(H,23,25). The van der Waals surface area contributed by atoms with Gasteiger partial charge in [0.2, 0.25) is 5.91 Å². The van der Waals surface area contributed by atoms with E-state index in [2.05, 4.69) is 22.1 Å². The van der Waals surface area contributed by atoms with E-state index in [0.29, 0.717) is 16.9 Å². The topological polar surface area (TPSA) is 58.2 Å². The maximum atomic E-state index is 12.9. The number of carbonyl (C=O) groups excluding carboxylic acids is 2. The molecule has 2 amide bonds. The number of hydrogen-bond acceptors (Lipinski definition) is 4. The van der Waals surface area contributed by atoms with Crippen LogP contribution in [-0.4, -0.2) is 11.8 Å². The molecule has 0 fully saturated rings. The van der Waals surface area contributed by atoms with Gasteiger partial charge in [0, 0.05) is 33.8 Å². The Hall–Kier alpha value is -2.57. The highest BCUT2D eigenvalue weighted by atomic mass is 32.2.